The molecule has 2 rings (SSSR count). The Morgan fingerprint density at radius 3 is 2.38 bits per heavy atom. The summed E-state index contributed by atoms with van der Waals surface area (Å²) in [5, 5.41) is 14.8. The van der Waals surface area contributed by atoms with Crippen molar-refractivity contribution in [3.8, 4) is 0 Å². The van der Waals surface area contributed by atoms with Crippen molar-refractivity contribution in [2.24, 2.45) is 0 Å². The lowest BCUT2D eigenvalue weighted by atomic mass is 10.3. The molecule has 0 bridgehead atoms. The third-order valence-electron chi connectivity index (χ3n) is 3.25. The number of nitrogens with zero attached hydrogens (tertiary/aromatic N) is 5. The van der Waals surface area contributed by atoms with Crippen molar-refractivity contribution < 1.29 is 18.3 Å². The van der Waals surface area contributed by atoms with E-state index >= 15 is 0 Å². The summed E-state index contributed by atoms with van der Waals surface area (Å²) in [5.41, 5.74) is 0.659. The molecule has 0 aliphatic carbocycles. The maximum atomic E-state index is 12.5. The molecule has 0 radical (unpaired) electrons. The van der Waals surface area contributed by atoms with Crippen LogP contribution in [0, 0.1) is 0 Å². The molecule has 1 atom stereocenters. The highest BCUT2D eigenvalue weighted by atomic mass is 35.5. The molecule has 2 heterocycles. The van der Waals surface area contributed by atoms with Gasteiger partial charge in [-0.25, -0.2) is 15.0 Å². The van der Waals surface area contributed by atoms with Gasteiger partial charge >= 0.3 is 6.18 Å². The first kappa shape index (κ1) is 21.9. The van der Waals surface area contributed by atoms with E-state index in [0.717, 1.165) is 6.42 Å². The first-order valence-corrected chi connectivity index (χ1v) is 7.66. The highest BCUT2D eigenvalue weighted by molar-refractivity contribution is 5.93. The van der Waals surface area contributed by atoms with E-state index in [-0.39, 0.29) is 23.7 Å². The molecular weight excluding hydrogens is 375 g/mol. The van der Waals surface area contributed by atoms with Gasteiger partial charge in [-0.05, 0) is 6.42 Å². The molecule has 0 aliphatic rings. The second kappa shape index (κ2) is 8.99. The summed E-state index contributed by atoms with van der Waals surface area (Å²) in [7, 11) is 3.49. The number of anilines is 3. The Bertz CT molecular complexity index is 729. The van der Waals surface area contributed by atoms with E-state index in [1.165, 1.54) is 6.33 Å². The average molecular weight is 396 g/mol. The van der Waals surface area contributed by atoms with E-state index < -0.39 is 18.8 Å². The zero-order valence-electron chi connectivity index (χ0n) is 14.5. The standard InChI is InChI=1S/C14H20F3N7O.ClH/c1-4-5-18-12-9-10(22-13(23-12)24(2)3)11(21-7-20-9)19-6-8(25)14(15,16)17;/h7-8,25H,4-6H2,1-3H3,(H,18,22,23)(H,19,20,21);1H. The maximum Gasteiger partial charge on any atom is 0.416 e. The quantitative estimate of drug-likeness (QED) is 0.655. The summed E-state index contributed by atoms with van der Waals surface area (Å²) < 4.78 is 37.4. The molecular formula is C14H21ClF3N7O. The highest BCUT2D eigenvalue weighted by Crippen LogP contribution is 2.26. The Kier molecular flexibility index (Phi) is 7.57. The van der Waals surface area contributed by atoms with Crippen LogP contribution in [-0.4, -0.2) is 64.5 Å². The molecule has 0 saturated carbocycles. The third-order valence-corrected chi connectivity index (χ3v) is 3.25. The van der Waals surface area contributed by atoms with Gasteiger partial charge in [0.05, 0.1) is 6.54 Å². The molecule has 2 aromatic heterocycles. The predicted octanol–water partition coefficient (Wildman–Crippen LogP) is 2.06. The fraction of sp³-hybridized carbons (Fsp3) is 0.571. The summed E-state index contributed by atoms with van der Waals surface area (Å²) in [5.74, 6) is 0.927. The Morgan fingerprint density at radius 1 is 1.12 bits per heavy atom. The van der Waals surface area contributed by atoms with Crippen LogP contribution >= 0.6 is 12.4 Å². The van der Waals surface area contributed by atoms with Crippen LogP contribution in [0.3, 0.4) is 0 Å². The van der Waals surface area contributed by atoms with E-state index in [9.17, 15) is 13.2 Å². The largest absolute Gasteiger partial charge is 0.416 e. The van der Waals surface area contributed by atoms with E-state index in [0.29, 0.717) is 23.8 Å². The van der Waals surface area contributed by atoms with Gasteiger partial charge in [0.15, 0.2) is 17.7 Å². The van der Waals surface area contributed by atoms with Crippen molar-refractivity contribution >= 4 is 41.0 Å². The van der Waals surface area contributed by atoms with Crippen molar-refractivity contribution in [2.45, 2.75) is 25.6 Å². The second-order valence-electron chi connectivity index (χ2n) is 5.55. The summed E-state index contributed by atoms with van der Waals surface area (Å²) >= 11 is 0. The van der Waals surface area contributed by atoms with Crippen molar-refractivity contribution in [3.05, 3.63) is 6.33 Å². The molecule has 12 heteroatoms. The summed E-state index contributed by atoms with van der Waals surface area (Å²) in [6, 6.07) is 0. The number of halogens is 4. The minimum Gasteiger partial charge on any atom is -0.382 e. The number of aliphatic hydroxyl groups excluding tert-OH is 1. The topological polar surface area (TPSA) is 99.1 Å². The van der Waals surface area contributed by atoms with E-state index in [1.807, 2.05) is 6.92 Å². The van der Waals surface area contributed by atoms with Crippen molar-refractivity contribution in [3.63, 3.8) is 0 Å². The summed E-state index contributed by atoms with van der Waals surface area (Å²) in [4.78, 5) is 18.4. The van der Waals surface area contributed by atoms with Crippen LogP contribution in [0.4, 0.5) is 30.8 Å². The van der Waals surface area contributed by atoms with Crippen LogP contribution in [0.15, 0.2) is 6.33 Å². The van der Waals surface area contributed by atoms with Crippen LogP contribution in [-0.2, 0) is 0 Å². The monoisotopic (exact) mass is 395 g/mol. The van der Waals surface area contributed by atoms with Crippen LogP contribution in [0.25, 0.3) is 11.0 Å². The summed E-state index contributed by atoms with van der Waals surface area (Å²) in [6.07, 6.45) is -5.16. The average Bonchev–Trinajstić information content (AvgIpc) is 2.56. The molecule has 0 amide bonds. The molecule has 26 heavy (non-hydrogen) atoms. The Balaban J connectivity index is 0.00000338. The van der Waals surface area contributed by atoms with Gasteiger partial charge < -0.3 is 20.6 Å². The maximum absolute atomic E-state index is 12.5. The Hall–Kier alpha value is -2.14. The first-order chi connectivity index (χ1) is 11.7. The van der Waals surface area contributed by atoms with Gasteiger partial charge in [-0.15, -0.1) is 12.4 Å². The molecule has 2 aromatic rings. The fourth-order valence-corrected chi connectivity index (χ4v) is 1.94. The predicted molar refractivity (Wildman–Crippen MR) is 96.0 cm³/mol. The van der Waals surface area contributed by atoms with E-state index in [2.05, 4.69) is 30.6 Å². The van der Waals surface area contributed by atoms with E-state index in [4.69, 9.17) is 5.11 Å². The van der Waals surface area contributed by atoms with Gasteiger partial charge in [-0.3, -0.25) is 0 Å². The molecule has 146 valence electrons. The van der Waals surface area contributed by atoms with E-state index in [1.54, 1.807) is 19.0 Å². The number of hydrogen-bond acceptors (Lipinski definition) is 8. The van der Waals surface area contributed by atoms with Crippen LogP contribution < -0.4 is 15.5 Å². The lowest BCUT2D eigenvalue weighted by Crippen LogP contribution is -2.35. The normalized spacial score (nSPS) is 12.4. The smallest absolute Gasteiger partial charge is 0.382 e. The molecule has 3 N–H and O–H groups in total. The second-order valence-corrected chi connectivity index (χ2v) is 5.55. The minimum absolute atomic E-state index is 0. The Morgan fingerprint density at radius 2 is 1.81 bits per heavy atom. The van der Waals surface area contributed by atoms with Crippen LogP contribution in [0.2, 0.25) is 0 Å². The fourth-order valence-electron chi connectivity index (χ4n) is 1.94. The number of aromatic nitrogens is 4. The van der Waals surface area contributed by atoms with Crippen molar-refractivity contribution in [2.75, 3.05) is 42.7 Å². The molecule has 0 aliphatic heterocycles. The molecule has 0 spiro atoms. The molecule has 0 aromatic carbocycles. The minimum atomic E-state index is -4.71. The van der Waals surface area contributed by atoms with Gasteiger partial charge in [-0.2, -0.15) is 18.2 Å². The Labute approximate surface area is 154 Å². The number of nitrogens with one attached hydrogen (secondary N) is 2. The first-order valence-electron chi connectivity index (χ1n) is 7.66. The number of alkyl halides is 3. The summed E-state index contributed by atoms with van der Waals surface area (Å²) in [6.45, 7) is 1.90. The lowest BCUT2D eigenvalue weighted by Gasteiger charge is -2.17. The number of hydrogen-bond donors (Lipinski definition) is 3. The number of fused-ring (bicyclic) bond motifs is 1. The van der Waals surface area contributed by atoms with Gasteiger partial charge in [-0.1, -0.05) is 6.92 Å². The zero-order valence-corrected chi connectivity index (χ0v) is 15.3. The lowest BCUT2D eigenvalue weighted by molar-refractivity contribution is -0.198. The number of aliphatic hydroxyl groups is 1. The van der Waals surface area contributed by atoms with Gasteiger partial charge in [0.2, 0.25) is 5.95 Å². The molecule has 0 saturated heterocycles. The van der Waals surface area contributed by atoms with Gasteiger partial charge in [0.1, 0.15) is 17.4 Å². The molecule has 0 fully saturated rings. The third kappa shape index (κ3) is 5.18. The number of rotatable bonds is 7. The zero-order chi connectivity index (χ0) is 18.6. The van der Waals surface area contributed by atoms with Crippen LogP contribution in [0.5, 0.6) is 0 Å². The van der Waals surface area contributed by atoms with Gasteiger partial charge in [0.25, 0.3) is 0 Å². The van der Waals surface area contributed by atoms with Crippen molar-refractivity contribution in [1.29, 1.82) is 0 Å². The van der Waals surface area contributed by atoms with Gasteiger partial charge in [0, 0.05) is 20.6 Å². The van der Waals surface area contributed by atoms with Crippen LogP contribution in [0.1, 0.15) is 13.3 Å². The van der Waals surface area contributed by atoms with Crippen molar-refractivity contribution in [1.82, 2.24) is 19.9 Å². The SMILES string of the molecule is CCCNc1nc(N(C)C)nc2c(NCC(O)C(F)(F)F)ncnc12.Cl. The molecule has 1 unspecified atom stereocenters. The molecule has 8 nitrogen and oxygen atoms in total. The highest BCUT2D eigenvalue weighted by Gasteiger charge is 2.38.